The van der Waals surface area contributed by atoms with Crippen molar-refractivity contribution >= 4 is 5.78 Å². The summed E-state index contributed by atoms with van der Waals surface area (Å²) in [5.41, 5.74) is 0. The third kappa shape index (κ3) is 31.6. The number of carbonyl (C=O) groups is 1. The second-order valence-corrected chi connectivity index (χ2v) is 17.1. The Bertz CT molecular complexity index is 575. The van der Waals surface area contributed by atoms with Crippen molar-refractivity contribution in [1.29, 1.82) is 0 Å². The molecule has 0 aromatic heterocycles. The predicted octanol–water partition coefficient (Wildman–Crippen LogP) is 16.9. The zero-order chi connectivity index (χ0) is 38.2. The summed E-state index contributed by atoms with van der Waals surface area (Å²) >= 11 is 0. The molecule has 1 aliphatic carbocycles. The van der Waals surface area contributed by atoms with Crippen LogP contribution in [0, 0.1) is 65.1 Å². The summed E-state index contributed by atoms with van der Waals surface area (Å²) < 4.78 is 0. The summed E-state index contributed by atoms with van der Waals surface area (Å²) in [4.78, 5) is 11.1. The fourth-order valence-corrected chi connectivity index (χ4v) is 7.51. The number of hydrogen-bond donors (Lipinski definition) is 0. The van der Waals surface area contributed by atoms with E-state index in [1.54, 1.807) is 0 Å². The Morgan fingerprint density at radius 1 is 0.458 bits per heavy atom. The van der Waals surface area contributed by atoms with Gasteiger partial charge in [0.25, 0.3) is 0 Å². The van der Waals surface area contributed by atoms with E-state index in [4.69, 9.17) is 0 Å². The van der Waals surface area contributed by atoms with Crippen molar-refractivity contribution in [2.75, 3.05) is 0 Å². The molecule has 0 aliphatic heterocycles. The van der Waals surface area contributed by atoms with Gasteiger partial charge in [0.2, 0.25) is 0 Å². The Morgan fingerprint density at radius 3 is 0.917 bits per heavy atom. The molecular weight excluding hydrogens is 581 g/mol. The summed E-state index contributed by atoms with van der Waals surface area (Å²) in [6.07, 6.45) is 20.5. The lowest BCUT2D eigenvalue weighted by Gasteiger charge is -2.31. The van der Waals surface area contributed by atoms with Gasteiger partial charge >= 0.3 is 0 Å². The van der Waals surface area contributed by atoms with Gasteiger partial charge in [-0.1, -0.05) is 202 Å². The minimum absolute atomic E-state index is 0.415. The molecule has 1 aliphatic rings. The third-order valence-electron chi connectivity index (χ3n) is 12.2. The van der Waals surface area contributed by atoms with E-state index >= 15 is 0 Å². The van der Waals surface area contributed by atoms with E-state index in [2.05, 4.69) is 125 Å². The average Bonchev–Trinajstić information content (AvgIpc) is 3.01. The quantitative estimate of drug-likeness (QED) is 0.125. The van der Waals surface area contributed by atoms with Gasteiger partial charge in [0.1, 0.15) is 5.78 Å². The third-order valence-corrected chi connectivity index (χ3v) is 12.2. The standard InChI is InChI=1S/C12H24O.C11H22.3C8H18/c1-5-11(10(3)4)8-7-9-12(13)6-2;1-4-11(9(2)3)8-10-6-5-7-10;3*1-5-8(6-2)7(3)4/h10-11H,5-9H2,1-4H3;9-11H,4-8H2,1-3H3;3*7-8H,5-6H2,1-4H3. The zero-order valence-corrected chi connectivity index (χ0v) is 37.6. The summed E-state index contributed by atoms with van der Waals surface area (Å²) in [5.74, 6) is 10.5. The number of ketones is 1. The Hall–Kier alpha value is -0.330. The van der Waals surface area contributed by atoms with Gasteiger partial charge in [-0.25, -0.2) is 0 Å². The Labute approximate surface area is 309 Å². The van der Waals surface area contributed by atoms with Gasteiger partial charge in [-0.2, -0.15) is 0 Å². The van der Waals surface area contributed by atoms with Crippen molar-refractivity contribution in [3.63, 3.8) is 0 Å². The molecule has 0 spiro atoms. The first-order chi connectivity index (χ1) is 22.5. The highest BCUT2D eigenvalue weighted by molar-refractivity contribution is 5.77. The zero-order valence-electron chi connectivity index (χ0n) is 37.6. The molecule has 1 heteroatoms. The van der Waals surface area contributed by atoms with Crippen molar-refractivity contribution < 1.29 is 4.79 Å². The number of hydrogen-bond acceptors (Lipinski definition) is 1. The van der Waals surface area contributed by atoms with Crippen LogP contribution in [-0.4, -0.2) is 5.78 Å². The van der Waals surface area contributed by atoms with E-state index in [-0.39, 0.29) is 0 Å². The lowest BCUT2D eigenvalue weighted by atomic mass is 9.75. The van der Waals surface area contributed by atoms with Gasteiger partial charge < -0.3 is 0 Å². The monoisotopic (exact) mass is 681 g/mol. The van der Waals surface area contributed by atoms with E-state index in [0.29, 0.717) is 12.2 Å². The topological polar surface area (TPSA) is 17.1 Å². The van der Waals surface area contributed by atoms with Gasteiger partial charge in [-0.3, -0.25) is 4.79 Å². The first-order valence-electron chi connectivity index (χ1n) is 22.0. The molecule has 0 saturated heterocycles. The van der Waals surface area contributed by atoms with Gasteiger partial charge in [-0.05, 0) is 84.4 Å². The van der Waals surface area contributed by atoms with E-state index in [1.807, 2.05) is 6.92 Å². The lowest BCUT2D eigenvalue weighted by molar-refractivity contribution is -0.118. The van der Waals surface area contributed by atoms with Crippen LogP contribution in [0.1, 0.15) is 234 Å². The fraction of sp³-hybridized carbons (Fsp3) is 0.979. The molecule has 2 unspecified atom stereocenters. The molecule has 2 atom stereocenters. The molecular formula is C47H100O. The maximum Gasteiger partial charge on any atom is 0.132 e. The highest BCUT2D eigenvalue weighted by atomic mass is 16.1. The second kappa shape index (κ2) is 36.5. The van der Waals surface area contributed by atoms with Crippen molar-refractivity contribution in [3.05, 3.63) is 0 Å². The molecule has 0 amide bonds. The highest BCUT2D eigenvalue weighted by Gasteiger charge is 2.22. The van der Waals surface area contributed by atoms with E-state index in [9.17, 15) is 4.79 Å². The minimum Gasteiger partial charge on any atom is -0.300 e. The predicted molar refractivity (Wildman–Crippen MR) is 225 cm³/mol. The molecule has 0 N–H and O–H groups in total. The maximum atomic E-state index is 11.1. The van der Waals surface area contributed by atoms with Gasteiger partial charge in [0.15, 0.2) is 0 Å². The molecule has 48 heavy (non-hydrogen) atoms. The SMILES string of the molecule is CCC(=O)CCCC(CC)C(C)C.CCC(CC)C(C)C.CCC(CC)C(C)C.CCC(CC)C(C)C.CCC(CC1CCC1)C(C)C. The van der Waals surface area contributed by atoms with Crippen LogP contribution >= 0.6 is 0 Å². The van der Waals surface area contributed by atoms with Crippen LogP contribution in [0.25, 0.3) is 0 Å². The largest absolute Gasteiger partial charge is 0.300 e. The first-order valence-corrected chi connectivity index (χ1v) is 22.0. The summed E-state index contributed by atoms with van der Waals surface area (Å²) in [7, 11) is 0. The number of rotatable bonds is 20. The molecule has 1 saturated carbocycles. The molecule has 0 bridgehead atoms. The molecule has 0 aromatic rings. The molecule has 0 heterocycles. The Kier molecular flexibility index (Phi) is 41.4. The molecule has 1 nitrogen and oxygen atoms in total. The van der Waals surface area contributed by atoms with Crippen LogP contribution in [-0.2, 0) is 4.79 Å². The van der Waals surface area contributed by atoms with E-state index < -0.39 is 0 Å². The van der Waals surface area contributed by atoms with E-state index in [1.165, 1.54) is 83.5 Å². The lowest BCUT2D eigenvalue weighted by Crippen LogP contribution is -2.18. The smallest absolute Gasteiger partial charge is 0.132 e. The number of carbonyl (C=O) groups excluding carboxylic acids is 1. The molecule has 294 valence electrons. The van der Waals surface area contributed by atoms with Crippen LogP contribution < -0.4 is 0 Å². The molecule has 1 fully saturated rings. The van der Waals surface area contributed by atoms with Crippen LogP contribution in [0.2, 0.25) is 0 Å². The summed E-state index contributed by atoms with van der Waals surface area (Å²) in [5, 5.41) is 0. The van der Waals surface area contributed by atoms with Crippen molar-refractivity contribution in [1.82, 2.24) is 0 Å². The highest BCUT2D eigenvalue weighted by Crippen LogP contribution is 2.35. The normalized spacial score (nSPS) is 14.2. The fourth-order valence-electron chi connectivity index (χ4n) is 7.51. The van der Waals surface area contributed by atoms with E-state index in [0.717, 1.165) is 77.9 Å². The average molecular weight is 681 g/mol. The molecule has 1 rings (SSSR count). The minimum atomic E-state index is 0.415. The van der Waals surface area contributed by atoms with Crippen LogP contribution in [0.3, 0.4) is 0 Å². The van der Waals surface area contributed by atoms with Crippen molar-refractivity contribution in [3.8, 4) is 0 Å². The summed E-state index contributed by atoms with van der Waals surface area (Å²) in [6, 6.07) is 0. The Morgan fingerprint density at radius 2 is 0.750 bits per heavy atom. The van der Waals surface area contributed by atoms with Crippen molar-refractivity contribution in [2.45, 2.75) is 234 Å². The number of Topliss-reactive ketones (excluding diaryl/α,β-unsaturated/α-hetero) is 1. The van der Waals surface area contributed by atoms with Crippen LogP contribution in [0.4, 0.5) is 0 Å². The van der Waals surface area contributed by atoms with Crippen LogP contribution in [0.15, 0.2) is 0 Å². The maximum absolute atomic E-state index is 11.1. The molecule has 0 aromatic carbocycles. The summed E-state index contributed by atoms with van der Waals surface area (Å²) in [6.45, 7) is 43.3. The van der Waals surface area contributed by atoms with Gasteiger partial charge in [0.05, 0.1) is 0 Å². The van der Waals surface area contributed by atoms with Crippen LogP contribution in [0.5, 0.6) is 0 Å². The van der Waals surface area contributed by atoms with Gasteiger partial charge in [0, 0.05) is 12.8 Å². The molecule has 0 radical (unpaired) electrons. The van der Waals surface area contributed by atoms with Gasteiger partial charge in [-0.15, -0.1) is 0 Å². The van der Waals surface area contributed by atoms with Crippen molar-refractivity contribution in [2.24, 2.45) is 65.1 Å². The Balaban J connectivity index is -0.000000256. The first kappa shape index (κ1) is 54.4. The second-order valence-electron chi connectivity index (χ2n) is 17.1.